The van der Waals surface area contributed by atoms with Gasteiger partial charge in [-0.1, -0.05) is 60.2 Å². The lowest BCUT2D eigenvalue weighted by Crippen LogP contribution is -2.42. The predicted molar refractivity (Wildman–Crippen MR) is 123 cm³/mol. The van der Waals surface area contributed by atoms with Gasteiger partial charge in [0.2, 0.25) is 5.91 Å². The van der Waals surface area contributed by atoms with Crippen molar-refractivity contribution in [3.8, 4) is 5.75 Å². The van der Waals surface area contributed by atoms with Crippen LogP contribution in [0.2, 0.25) is 0 Å². The summed E-state index contributed by atoms with van der Waals surface area (Å²) in [7, 11) is -4.01. The van der Waals surface area contributed by atoms with Crippen LogP contribution in [0, 0.1) is 6.92 Å². The molecule has 0 aliphatic rings. The van der Waals surface area contributed by atoms with Crippen molar-refractivity contribution in [1.29, 1.82) is 0 Å². The fourth-order valence-electron chi connectivity index (χ4n) is 3.11. The van der Waals surface area contributed by atoms with Crippen molar-refractivity contribution in [1.82, 2.24) is 5.32 Å². The molecular weight excluding hydrogens is 442 g/mol. The summed E-state index contributed by atoms with van der Waals surface area (Å²) in [5, 5.41) is 2.59. The van der Waals surface area contributed by atoms with Gasteiger partial charge in [-0.3, -0.25) is 4.79 Å². The Morgan fingerprint density at radius 1 is 0.909 bits per heavy atom. The summed E-state index contributed by atoms with van der Waals surface area (Å²) < 4.78 is 35.8. The van der Waals surface area contributed by atoms with Crippen LogP contribution in [0.4, 0.5) is 0 Å². The molecule has 1 atom stereocenters. The fraction of sp³-hybridized carbons (Fsp3) is 0.200. The molecule has 7 nitrogen and oxygen atoms in total. The molecule has 0 heterocycles. The third-order valence-electron chi connectivity index (χ3n) is 4.74. The highest BCUT2D eigenvalue weighted by Gasteiger charge is 2.23. The number of carbonyl (C=O) groups is 2. The Morgan fingerprint density at radius 2 is 1.58 bits per heavy atom. The smallest absolute Gasteiger partial charge is 0.339 e. The summed E-state index contributed by atoms with van der Waals surface area (Å²) in [5.41, 5.74) is 2.35. The lowest BCUT2D eigenvalue weighted by molar-refractivity contribution is -0.149. The lowest BCUT2D eigenvalue weighted by Gasteiger charge is -2.17. The summed E-state index contributed by atoms with van der Waals surface area (Å²) in [6.07, 6.45) is 0.106. The number of hydrogen-bond acceptors (Lipinski definition) is 6. The molecule has 0 spiro atoms. The number of rotatable bonds is 9. The van der Waals surface area contributed by atoms with E-state index in [2.05, 4.69) is 5.32 Å². The van der Waals surface area contributed by atoms with E-state index in [1.54, 1.807) is 24.3 Å². The van der Waals surface area contributed by atoms with Crippen molar-refractivity contribution in [2.75, 3.05) is 0 Å². The summed E-state index contributed by atoms with van der Waals surface area (Å²) in [5.74, 6) is -0.869. The topological polar surface area (TPSA) is 98.8 Å². The fourth-order valence-corrected chi connectivity index (χ4v) is 4.03. The van der Waals surface area contributed by atoms with Crippen LogP contribution in [-0.4, -0.2) is 26.3 Å². The molecule has 0 aromatic heterocycles. The van der Waals surface area contributed by atoms with Gasteiger partial charge in [-0.15, -0.1) is 0 Å². The SMILES string of the molecule is CC(=O)N[C@@H](Cc1cccc(OS(=O)(=O)c2ccc(C)cc2)c1)C(=O)OCc1ccccc1. The molecule has 0 aliphatic carbocycles. The normalized spacial score (nSPS) is 11.9. The third-order valence-corrected chi connectivity index (χ3v) is 6.00. The number of ether oxygens (including phenoxy) is 1. The third kappa shape index (κ3) is 7.18. The molecule has 33 heavy (non-hydrogen) atoms. The van der Waals surface area contributed by atoms with Crippen molar-refractivity contribution in [3.05, 3.63) is 95.6 Å². The van der Waals surface area contributed by atoms with Gasteiger partial charge in [0.25, 0.3) is 0 Å². The highest BCUT2D eigenvalue weighted by atomic mass is 32.2. The minimum absolute atomic E-state index is 0.0408. The van der Waals surface area contributed by atoms with E-state index >= 15 is 0 Å². The number of hydrogen-bond donors (Lipinski definition) is 1. The van der Waals surface area contributed by atoms with Crippen LogP contribution < -0.4 is 9.50 Å². The molecule has 3 aromatic carbocycles. The first-order chi connectivity index (χ1) is 15.7. The first-order valence-electron chi connectivity index (χ1n) is 10.3. The number of esters is 1. The Kier molecular flexibility index (Phi) is 7.84. The second kappa shape index (κ2) is 10.8. The van der Waals surface area contributed by atoms with Crippen LogP contribution in [0.3, 0.4) is 0 Å². The minimum atomic E-state index is -4.01. The summed E-state index contributed by atoms with van der Waals surface area (Å²) >= 11 is 0. The molecule has 3 rings (SSSR count). The Balaban J connectivity index is 1.71. The maximum atomic E-state index is 12.6. The quantitative estimate of drug-likeness (QED) is 0.382. The van der Waals surface area contributed by atoms with Gasteiger partial charge in [-0.05, 0) is 42.3 Å². The Hall–Kier alpha value is -3.65. The molecule has 0 bridgehead atoms. The number of amides is 1. The maximum Gasteiger partial charge on any atom is 0.339 e. The Morgan fingerprint density at radius 3 is 2.24 bits per heavy atom. The van der Waals surface area contributed by atoms with Gasteiger partial charge in [0, 0.05) is 13.3 Å². The van der Waals surface area contributed by atoms with Crippen LogP contribution in [0.5, 0.6) is 5.75 Å². The molecule has 0 saturated carbocycles. The number of aryl methyl sites for hydroxylation is 1. The van der Waals surface area contributed by atoms with Crippen LogP contribution in [0.1, 0.15) is 23.6 Å². The molecule has 0 fully saturated rings. The van der Waals surface area contributed by atoms with Crippen LogP contribution in [-0.2, 0) is 37.5 Å². The molecular formula is C25H25NO6S. The standard InChI is InChI=1S/C25H25NO6S/c1-18-11-13-23(14-12-18)33(29,30)32-22-10-6-9-21(15-22)16-24(26-19(2)27)25(28)31-17-20-7-4-3-5-8-20/h3-15,24H,16-17H2,1-2H3,(H,26,27)/t24-/m0/s1. The van der Waals surface area contributed by atoms with E-state index in [9.17, 15) is 18.0 Å². The molecule has 1 N–H and O–H groups in total. The molecule has 3 aromatic rings. The van der Waals surface area contributed by atoms with Crippen molar-refractivity contribution in [2.24, 2.45) is 0 Å². The Labute approximate surface area is 193 Å². The van der Waals surface area contributed by atoms with Crippen molar-refractivity contribution in [3.63, 3.8) is 0 Å². The van der Waals surface area contributed by atoms with Crippen LogP contribution in [0.25, 0.3) is 0 Å². The Bertz CT molecular complexity index is 1210. The highest BCUT2D eigenvalue weighted by Crippen LogP contribution is 2.21. The maximum absolute atomic E-state index is 12.6. The summed E-state index contributed by atoms with van der Waals surface area (Å²) in [4.78, 5) is 24.3. The van der Waals surface area contributed by atoms with Crippen LogP contribution >= 0.6 is 0 Å². The minimum Gasteiger partial charge on any atom is -0.459 e. The van der Waals surface area contributed by atoms with Gasteiger partial charge in [0.05, 0.1) is 0 Å². The van der Waals surface area contributed by atoms with Crippen molar-refractivity contribution < 1.29 is 26.9 Å². The molecule has 0 unspecified atom stereocenters. The average molecular weight is 468 g/mol. The molecule has 0 radical (unpaired) electrons. The zero-order valence-electron chi connectivity index (χ0n) is 18.4. The first kappa shape index (κ1) is 24.0. The molecule has 0 aliphatic heterocycles. The van der Waals surface area contributed by atoms with Crippen molar-refractivity contribution >= 4 is 22.0 Å². The number of nitrogens with one attached hydrogen (secondary N) is 1. The summed E-state index contributed by atoms with van der Waals surface area (Å²) in [6.45, 7) is 3.25. The van der Waals surface area contributed by atoms with Gasteiger partial charge in [-0.2, -0.15) is 8.42 Å². The van der Waals surface area contributed by atoms with Crippen molar-refractivity contribution in [2.45, 2.75) is 37.8 Å². The van der Waals surface area contributed by atoms with Gasteiger partial charge < -0.3 is 14.2 Å². The number of carbonyl (C=O) groups excluding carboxylic acids is 2. The highest BCUT2D eigenvalue weighted by molar-refractivity contribution is 7.87. The lowest BCUT2D eigenvalue weighted by atomic mass is 10.1. The van der Waals surface area contributed by atoms with E-state index in [0.29, 0.717) is 5.56 Å². The van der Waals surface area contributed by atoms with E-state index < -0.39 is 22.1 Å². The molecule has 8 heteroatoms. The first-order valence-corrected chi connectivity index (χ1v) is 11.7. The van der Waals surface area contributed by atoms with Gasteiger partial charge in [0.15, 0.2) is 0 Å². The van der Waals surface area contributed by atoms with E-state index in [0.717, 1.165) is 11.1 Å². The van der Waals surface area contributed by atoms with Gasteiger partial charge >= 0.3 is 16.1 Å². The van der Waals surface area contributed by atoms with Gasteiger partial charge in [-0.25, -0.2) is 4.79 Å². The average Bonchev–Trinajstić information content (AvgIpc) is 2.77. The summed E-state index contributed by atoms with van der Waals surface area (Å²) in [6, 6.07) is 20.9. The largest absolute Gasteiger partial charge is 0.459 e. The monoisotopic (exact) mass is 467 g/mol. The van der Waals surface area contributed by atoms with Gasteiger partial charge in [0.1, 0.15) is 23.3 Å². The van der Waals surface area contributed by atoms with E-state index in [1.807, 2.05) is 37.3 Å². The van der Waals surface area contributed by atoms with E-state index in [-0.39, 0.29) is 29.6 Å². The second-order valence-electron chi connectivity index (χ2n) is 7.55. The van der Waals surface area contributed by atoms with E-state index in [4.69, 9.17) is 8.92 Å². The molecule has 0 saturated heterocycles. The predicted octanol–water partition coefficient (Wildman–Crippen LogP) is 3.55. The number of benzene rings is 3. The zero-order chi connectivity index (χ0) is 23.8. The molecule has 172 valence electrons. The molecule has 1 amide bonds. The second-order valence-corrected chi connectivity index (χ2v) is 9.09. The van der Waals surface area contributed by atoms with Crippen LogP contribution in [0.15, 0.2) is 83.8 Å². The van der Waals surface area contributed by atoms with E-state index in [1.165, 1.54) is 31.2 Å². The zero-order valence-corrected chi connectivity index (χ0v) is 19.2.